The molecule has 4 nitrogen and oxygen atoms in total. The Hall–Kier alpha value is -7.82. The molecule has 4 heterocycles. The van der Waals surface area contributed by atoms with E-state index in [2.05, 4.69) is 0 Å². The van der Waals surface area contributed by atoms with Crippen LogP contribution in [0.5, 0.6) is 0 Å². The van der Waals surface area contributed by atoms with Gasteiger partial charge in [-0.1, -0.05) is 154 Å². The summed E-state index contributed by atoms with van der Waals surface area (Å²) in [5.41, 5.74) is 0.469. The van der Waals surface area contributed by atoms with Gasteiger partial charge in [-0.15, -0.1) is 0 Å². The topological polar surface area (TPSA) is 15.3 Å². The number of hydrogen-bond donors (Lipinski definition) is 0. The van der Waals surface area contributed by atoms with E-state index in [0.29, 0.717) is 76.2 Å². The first-order chi connectivity index (χ1) is 45.2. The van der Waals surface area contributed by atoms with E-state index in [1.807, 2.05) is 98.9 Å². The van der Waals surface area contributed by atoms with Gasteiger partial charge in [-0.3, -0.25) is 0 Å². The molecule has 0 fully saturated rings. The van der Waals surface area contributed by atoms with Gasteiger partial charge in [-0.05, 0) is 142 Å². The molecule has 0 aliphatic heterocycles. The van der Waals surface area contributed by atoms with Crippen LogP contribution in [0.2, 0.25) is 0 Å². The third kappa shape index (κ3) is 6.57. The Morgan fingerprint density at radius 2 is 0.792 bits per heavy atom. The Balaban J connectivity index is 1.19. The van der Waals surface area contributed by atoms with E-state index in [1.165, 1.54) is 0 Å². The van der Waals surface area contributed by atoms with E-state index in [-0.39, 0.29) is 11.4 Å². The molecule has 0 spiro atoms. The molecule has 0 bridgehead atoms. The highest BCUT2D eigenvalue weighted by Gasteiger charge is 2.29. The van der Waals surface area contributed by atoms with Crippen LogP contribution < -0.4 is 9.80 Å². The third-order valence-corrected chi connectivity index (χ3v) is 14.0. The van der Waals surface area contributed by atoms with Crippen LogP contribution in [0, 0.1) is 0 Å². The van der Waals surface area contributed by atoms with Crippen LogP contribution in [0.25, 0.3) is 76.2 Å². The zero-order valence-corrected chi connectivity index (χ0v) is 40.7. The summed E-state index contributed by atoms with van der Waals surface area (Å²) >= 11 is 0. The number of benzene rings is 9. The number of para-hydroxylation sites is 2. The van der Waals surface area contributed by atoms with Gasteiger partial charge in [0.1, 0.15) is 0 Å². The highest BCUT2D eigenvalue weighted by atomic mass is 15.2. The summed E-state index contributed by atoms with van der Waals surface area (Å²) in [7, 11) is 0. The first-order valence-electron chi connectivity index (χ1n) is 36.6. The van der Waals surface area contributed by atoms with Gasteiger partial charge in [0.05, 0.1) is 69.1 Å². The molecule has 0 aliphatic carbocycles. The highest BCUT2D eigenvalue weighted by molar-refractivity contribution is 6.32. The Labute approximate surface area is 459 Å². The SMILES string of the molecule is [2H]c1c([2H])c([2H])c(N(c2c([2H])c([2H])c(C([2H])(C)C([2H])([2H])[2H])c([2H])c2[2H])c2ccc3c4cc5c(cc4n4c6ccc(C(C)(C)C)cc6c2c34)c2ccc(N(c3c([2H])c([2H])c([2H])c([2H])c3[2H])c3c([2H])c([2H])c(C([2H])(C)C([2H])([2H])[2H])c([2H])c3[2H])c3c4cc(C(C)(C)C)ccc4n5c23)c([2H])c1[2H]. The van der Waals surface area contributed by atoms with Crippen molar-refractivity contribution in [3.05, 3.63) is 204 Å². The molecular formula is C68H62N4. The lowest BCUT2D eigenvalue weighted by Crippen LogP contribution is -2.11. The lowest BCUT2D eigenvalue weighted by atomic mass is 9.86. The maximum atomic E-state index is 9.69. The standard InChI is InChI=1S/C68H62N4/c1-41(2)43-21-27-49(28-22-43)69(47-17-13-11-14-18-47)59-35-31-51-53-39-62-54(40-61(53)71-57-33-25-45(67(5,6)7)37-55(57)63(59)65(51)71)52-32-36-60(64-56-38-46(68(8,9)10)26-34-58(56)72(62)66(52)64)70(48-19-15-12-16-20-48)50-29-23-44(24-30-50)42(3)4/h11-42H,1-10H3/i1D3,3D3,11D,12D,13D,14D,15D,16D,17D,18D,19D,20D,21D,22D,23D,24D,27D,28D,29D,30D,41D,42D. The summed E-state index contributed by atoms with van der Waals surface area (Å²) in [4.78, 5) is 2.21. The Bertz CT molecular complexity index is 5220. The van der Waals surface area contributed by atoms with Crippen molar-refractivity contribution in [2.45, 2.75) is 91.7 Å². The van der Waals surface area contributed by atoms with Crippen molar-refractivity contribution >= 4 is 110 Å². The second-order valence-electron chi connectivity index (χ2n) is 20.5. The van der Waals surface area contributed by atoms with E-state index in [4.69, 9.17) is 19.2 Å². The summed E-state index contributed by atoms with van der Waals surface area (Å²) in [6.07, 6.45) is 0. The maximum absolute atomic E-state index is 9.69. The normalized spacial score (nSPS) is 19.9. The maximum Gasteiger partial charge on any atom is 0.0645 e. The molecule has 9 aromatic carbocycles. The molecule has 72 heavy (non-hydrogen) atoms. The fourth-order valence-electron chi connectivity index (χ4n) is 10.5. The molecule has 4 aromatic heterocycles. The van der Waals surface area contributed by atoms with E-state index in [9.17, 15) is 16.4 Å². The van der Waals surface area contributed by atoms with Crippen LogP contribution in [0.1, 0.15) is 139 Å². The van der Waals surface area contributed by atoms with Gasteiger partial charge < -0.3 is 18.6 Å². The average molecular weight is 961 g/mol. The molecule has 0 radical (unpaired) electrons. The molecule has 0 saturated carbocycles. The van der Waals surface area contributed by atoms with Crippen molar-refractivity contribution in [3.8, 4) is 0 Å². The van der Waals surface area contributed by atoms with Crippen molar-refractivity contribution in [1.29, 1.82) is 0 Å². The zero-order valence-electron chi connectivity index (χ0n) is 66.7. The van der Waals surface area contributed by atoms with Crippen LogP contribution >= 0.6 is 0 Å². The fraction of sp³-hybridized carbons (Fsp3) is 0.206. The van der Waals surface area contributed by atoms with Crippen LogP contribution in [0.4, 0.5) is 34.1 Å². The number of hydrogen-bond acceptors (Lipinski definition) is 2. The van der Waals surface area contributed by atoms with E-state index < -0.39 is 179 Å². The molecule has 2 atom stereocenters. The fourth-order valence-corrected chi connectivity index (χ4v) is 10.5. The minimum atomic E-state index is -3.15. The summed E-state index contributed by atoms with van der Waals surface area (Å²) in [5.74, 6) is -5.37. The van der Waals surface area contributed by atoms with Crippen molar-refractivity contribution in [1.82, 2.24) is 8.80 Å². The number of anilines is 6. The van der Waals surface area contributed by atoms with Crippen LogP contribution in [0.15, 0.2) is 182 Å². The number of rotatable bonds is 8. The van der Waals surface area contributed by atoms with E-state index in [1.54, 1.807) is 24.3 Å². The predicted octanol–water partition coefficient (Wildman–Crippen LogP) is 19.8. The molecule has 0 N–H and O–H groups in total. The summed E-state index contributed by atoms with van der Waals surface area (Å²) in [6, 6.07) is 7.58. The van der Waals surface area contributed by atoms with Crippen LogP contribution in [0.3, 0.4) is 0 Å². The largest absolute Gasteiger partial charge is 0.310 e. The number of fused-ring (bicyclic) bond motifs is 12. The molecule has 0 amide bonds. The average Bonchev–Trinajstić information content (AvgIpc) is 1.50. The molecule has 13 aromatic rings. The Kier molecular flexibility index (Phi) is 5.40. The highest BCUT2D eigenvalue weighted by Crippen LogP contribution is 2.52. The second-order valence-corrected chi connectivity index (χ2v) is 20.5. The molecule has 354 valence electrons. The monoisotopic (exact) mass is 961 g/mol. The van der Waals surface area contributed by atoms with Crippen molar-refractivity contribution in [3.63, 3.8) is 0 Å². The molecule has 2 unspecified atom stereocenters. The minimum absolute atomic E-state index is 0.0483. The molecule has 4 heteroatoms. The zero-order chi connectivity index (χ0) is 72.0. The summed E-state index contributed by atoms with van der Waals surface area (Å²) in [6.45, 7) is 7.68. The lowest BCUT2D eigenvalue weighted by Gasteiger charge is -2.27. The van der Waals surface area contributed by atoms with Gasteiger partial charge in [-0.25, -0.2) is 0 Å². The van der Waals surface area contributed by atoms with Gasteiger partial charge in [0.15, 0.2) is 0 Å². The smallest absolute Gasteiger partial charge is 0.0645 e. The number of aromatic nitrogens is 2. The molecule has 0 saturated heterocycles. The van der Waals surface area contributed by atoms with Crippen molar-refractivity contribution in [2.75, 3.05) is 9.80 Å². The summed E-state index contributed by atoms with van der Waals surface area (Å²) < 4.78 is 239. The van der Waals surface area contributed by atoms with Crippen molar-refractivity contribution < 1.29 is 35.6 Å². The second kappa shape index (κ2) is 15.8. The lowest BCUT2D eigenvalue weighted by molar-refractivity contribution is 0.591. The van der Waals surface area contributed by atoms with Crippen molar-refractivity contribution in [2.24, 2.45) is 0 Å². The van der Waals surface area contributed by atoms with Gasteiger partial charge in [0, 0.05) is 76.8 Å². The number of nitrogens with zero attached hydrogens (tertiary/aromatic N) is 4. The predicted molar refractivity (Wildman–Crippen MR) is 311 cm³/mol. The Morgan fingerprint density at radius 1 is 0.417 bits per heavy atom. The molecule has 0 aliphatic rings. The minimum Gasteiger partial charge on any atom is -0.310 e. The van der Waals surface area contributed by atoms with E-state index in [0.717, 1.165) is 34.8 Å². The van der Waals surface area contributed by atoms with Gasteiger partial charge in [0.2, 0.25) is 0 Å². The first kappa shape index (κ1) is 24.5. The van der Waals surface area contributed by atoms with Crippen LogP contribution in [-0.4, -0.2) is 8.80 Å². The van der Waals surface area contributed by atoms with Crippen LogP contribution in [-0.2, 0) is 10.8 Å². The molecule has 13 rings (SSSR count). The van der Waals surface area contributed by atoms with Gasteiger partial charge in [0.25, 0.3) is 0 Å². The quantitative estimate of drug-likeness (QED) is 0.151. The first-order valence-corrected chi connectivity index (χ1v) is 23.6. The Morgan fingerprint density at radius 3 is 1.15 bits per heavy atom. The van der Waals surface area contributed by atoms with E-state index >= 15 is 0 Å². The third-order valence-electron chi connectivity index (χ3n) is 14.0. The summed E-state index contributed by atoms with van der Waals surface area (Å²) in [5, 5.41) is 4.39. The van der Waals surface area contributed by atoms with Gasteiger partial charge >= 0.3 is 0 Å². The molecular weight excluding hydrogens is 873 g/mol. The van der Waals surface area contributed by atoms with Gasteiger partial charge in [-0.2, -0.15) is 0 Å².